The van der Waals surface area contributed by atoms with Crippen LogP contribution in [0.25, 0.3) is 0 Å². The topological polar surface area (TPSA) is 38.5 Å². The molecule has 0 heterocycles. The molecule has 0 amide bonds. The molecular formula is C17H30N2O. The summed E-state index contributed by atoms with van der Waals surface area (Å²) in [5, 5.41) is 0. The Balaban J connectivity index is 2.94. The highest BCUT2D eigenvalue weighted by Crippen LogP contribution is 2.29. The Morgan fingerprint density at radius 1 is 1.30 bits per heavy atom. The normalized spacial score (nSPS) is 13.6. The van der Waals surface area contributed by atoms with Gasteiger partial charge in [0.25, 0.3) is 0 Å². The van der Waals surface area contributed by atoms with Crippen LogP contribution in [0, 0.1) is 0 Å². The van der Waals surface area contributed by atoms with Gasteiger partial charge in [0.2, 0.25) is 0 Å². The van der Waals surface area contributed by atoms with E-state index in [2.05, 4.69) is 57.8 Å². The average Bonchev–Trinajstić information content (AvgIpc) is 2.46. The van der Waals surface area contributed by atoms with Crippen molar-refractivity contribution in [3.05, 3.63) is 29.8 Å². The SMILES string of the molecule is CCCOc1cccc(C(CN)N(C)C(C)(C)CC)c1. The quantitative estimate of drug-likeness (QED) is 0.789. The molecule has 0 fully saturated rings. The molecule has 1 aromatic carbocycles. The van der Waals surface area contributed by atoms with Gasteiger partial charge >= 0.3 is 0 Å². The molecule has 0 aromatic heterocycles. The van der Waals surface area contributed by atoms with Crippen LogP contribution in [0.3, 0.4) is 0 Å². The zero-order chi connectivity index (χ0) is 15.2. The van der Waals surface area contributed by atoms with E-state index >= 15 is 0 Å². The lowest BCUT2D eigenvalue weighted by atomic mass is 9.95. The summed E-state index contributed by atoms with van der Waals surface area (Å²) in [5.41, 5.74) is 7.38. The molecule has 0 aliphatic heterocycles. The largest absolute Gasteiger partial charge is 0.494 e. The molecule has 0 radical (unpaired) electrons. The van der Waals surface area contributed by atoms with Crippen molar-refractivity contribution in [3.8, 4) is 5.75 Å². The molecule has 1 aromatic rings. The molecule has 2 N–H and O–H groups in total. The summed E-state index contributed by atoms with van der Waals surface area (Å²) >= 11 is 0. The van der Waals surface area contributed by atoms with Crippen molar-refractivity contribution in [2.24, 2.45) is 5.73 Å². The lowest BCUT2D eigenvalue weighted by molar-refractivity contribution is 0.100. The monoisotopic (exact) mass is 278 g/mol. The molecule has 3 nitrogen and oxygen atoms in total. The van der Waals surface area contributed by atoms with E-state index in [4.69, 9.17) is 10.5 Å². The van der Waals surface area contributed by atoms with Crippen LogP contribution in [0.2, 0.25) is 0 Å². The molecule has 1 rings (SSSR count). The van der Waals surface area contributed by atoms with Gasteiger partial charge in [-0.3, -0.25) is 4.90 Å². The first-order valence-electron chi connectivity index (χ1n) is 7.62. The van der Waals surface area contributed by atoms with Crippen molar-refractivity contribution in [1.82, 2.24) is 4.90 Å². The van der Waals surface area contributed by atoms with E-state index in [1.807, 2.05) is 6.07 Å². The average molecular weight is 278 g/mol. The van der Waals surface area contributed by atoms with E-state index in [-0.39, 0.29) is 11.6 Å². The minimum atomic E-state index is 0.129. The molecule has 1 unspecified atom stereocenters. The molecule has 0 spiro atoms. The van der Waals surface area contributed by atoms with Crippen LogP contribution >= 0.6 is 0 Å². The van der Waals surface area contributed by atoms with Gasteiger partial charge in [-0.25, -0.2) is 0 Å². The summed E-state index contributed by atoms with van der Waals surface area (Å²) in [7, 11) is 2.15. The van der Waals surface area contributed by atoms with Crippen molar-refractivity contribution in [3.63, 3.8) is 0 Å². The molecule has 0 bridgehead atoms. The van der Waals surface area contributed by atoms with Gasteiger partial charge in [0, 0.05) is 18.1 Å². The van der Waals surface area contributed by atoms with Gasteiger partial charge in [-0.1, -0.05) is 26.0 Å². The standard InChI is InChI=1S/C17H30N2O/c1-6-11-20-15-10-8-9-14(12-15)16(13-18)19(5)17(3,4)7-2/h8-10,12,16H,6-7,11,13,18H2,1-5H3. The minimum absolute atomic E-state index is 0.129. The second-order valence-corrected chi connectivity index (χ2v) is 5.95. The Labute approximate surface area is 124 Å². The van der Waals surface area contributed by atoms with Gasteiger partial charge in [0.05, 0.1) is 6.61 Å². The van der Waals surface area contributed by atoms with Crippen molar-refractivity contribution >= 4 is 0 Å². The molecular weight excluding hydrogens is 248 g/mol. The van der Waals surface area contributed by atoms with E-state index < -0.39 is 0 Å². The van der Waals surface area contributed by atoms with Gasteiger partial charge in [-0.2, -0.15) is 0 Å². The highest BCUT2D eigenvalue weighted by Gasteiger charge is 2.28. The van der Waals surface area contributed by atoms with Crippen LogP contribution in [-0.2, 0) is 0 Å². The van der Waals surface area contributed by atoms with Gasteiger partial charge in [-0.15, -0.1) is 0 Å². The minimum Gasteiger partial charge on any atom is -0.494 e. The van der Waals surface area contributed by atoms with Gasteiger partial charge < -0.3 is 10.5 Å². The summed E-state index contributed by atoms with van der Waals surface area (Å²) < 4.78 is 5.72. The highest BCUT2D eigenvalue weighted by atomic mass is 16.5. The molecule has 0 aliphatic carbocycles. The maximum absolute atomic E-state index is 6.02. The van der Waals surface area contributed by atoms with Gasteiger partial charge in [-0.05, 0) is 51.4 Å². The summed E-state index contributed by atoms with van der Waals surface area (Å²) in [5.74, 6) is 0.936. The van der Waals surface area contributed by atoms with Crippen molar-refractivity contribution in [1.29, 1.82) is 0 Å². The Bertz CT molecular complexity index is 404. The fourth-order valence-corrected chi connectivity index (χ4v) is 2.22. The van der Waals surface area contributed by atoms with Crippen LogP contribution < -0.4 is 10.5 Å². The predicted octanol–water partition coefficient (Wildman–Crippen LogP) is 3.60. The molecule has 0 saturated carbocycles. The Kier molecular flexibility index (Phi) is 6.50. The third-order valence-corrected chi connectivity index (χ3v) is 4.23. The van der Waals surface area contributed by atoms with Crippen LogP contribution in [-0.4, -0.2) is 30.6 Å². The zero-order valence-corrected chi connectivity index (χ0v) is 13.6. The first-order chi connectivity index (χ1) is 9.46. The van der Waals surface area contributed by atoms with Gasteiger partial charge in [0.1, 0.15) is 5.75 Å². The number of nitrogens with two attached hydrogens (primary N) is 1. The van der Waals surface area contributed by atoms with Crippen molar-refractivity contribution < 1.29 is 4.74 Å². The Morgan fingerprint density at radius 2 is 2.00 bits per heavy atom. The number of benzene rings is 1. The number of ether oxygens (including phenoxy) is 1. The van der Waals surface area contributed by atoms with Crippen molar-refractivity contribution in [2.45, 2.75) is 52.1 Å². The van der Waals surface area contributed by atoms with E-state index in [0.717, 1.165) is 25.2 Å². The van der Waals surface area contributed by atoms with E-state index in [1.165, 1.54) is 5.56 Å². The summed E-state index contributed by atoms with van der Waals surface area (Å²) in [6, 6.07) is 8.54. The first-order valence-corrected chi connectivity index (χ1v) is 7.62. The highest BCUT2D eigenvalue weighted by molar-refractivity contribution is 5.31. The van der Waals surface area contributed by atoms with E-state index in [9.17, 15) is 0 Å². The molecule has 114 valence electrons. The fourth-order valence-electron chi connectivity index (χ4n) is 2.22. The summed E-state index contributed by atoms with van der Waals surface area (Å²) in [6.45, 7) is 10.2. The number of nitrogens with zero attached hydrogens (tertiary/aromatic N) is 1. The van der Waals surface area contributed by atoms with E-state index in [1.54, 1.807) is 0 Å². The smallest absolute Gasteiger partial charge is 0.119 e. The Hall–Kier alpha value is -1.06. The third-order valence-electron chi connectivity index (χ3n) is 4.23. The van der Waals surface area contributed by atoms with Gasteiger partial charge in [0.15, 0.2) is 0 Å². The Morgan fingerprint density at radius 3 is 2.55 bits per heavy atom. The lowest BCUT2D eigenvalue weighted by Gasteiger charge is -2.40. The third kappa shape index (κ3) is 4.22. The number of rotatable bonds is 8. The fraction of sp³-hybridized carbons (Fsp3) is 0.647. The predicted molar refractivity (Wildman–Crippen MR) is 86.2 cm³/mol. The molecule has 1 atom stereocenters. The maximum Gasteiger partial charge on any atom is 0.119 e. The molecule has 3 heteroatoms. The van der Waals surface area contributed by atoms with Crippen LogP contribution in [0.1, 0.15) is 52.1 Å². The zero-order valence-electron chi connectivity index (χ0n) is 13.6. The van der Waals surface area contributed by atoms with Crippen molar-refractivity contribution in [2.75, 3.05) is 20.2 Å². The molecule has 20 heavy (non-hydrogen) atoms. The van der Waals surface area contributed by atoms with Crippen LogP contribution in [0.15, 0.2) is 24.3 Å². The first kappa shape index (κ1) is 17.0. The van der Waals surface area contributed by atoms with Crippen LogP contribution in [0.5, 0.6) is 5.75 Å². The second-order valence-electron chi connectivity index (χ2n) is 5.95. The molecule has 0 saturated heterocycles. The second kappa shape index (κ2) is 7.65. The van der Waals surface area contributed by atoms with E-state index in [0.29, 0.717) is 6.54 Å². The number of hydrogen-bond acceptors (Lipinski definition) is 3. The summed E-state index contributed by atoms with van der Waals surface area (Å²) in [6.07, 6.45) is 2.11. The molecule has 0 aliphatic rings. The maximum atomic E-state index is 6.02. The van der Waals surface area contributed by atoms with Crippen LogP contribution in [0.4, 0.5) is 0 Å². The number of hydrogen-bond donors (Lipinski definition) is 1. The lowest BCUT2D eigenvalue weighted by Crippen LogP contribution is -2.45. The summed E-state index contributed by atoms with van der Waals surface area (Å²) in [4.78, 5) is 2.37. The number of likely N-dealkylation sites (N-methyl/N-ethyl adjacent to an activating group) is 1.